The van der Waals surface area contributed by atoms with E-state index in [1.807, 2.05) is 19.1 Å². The van der Waals surface area contributed by atoms with Crippen molar-refractivity contribution >= 4 is 43.2 Å². The number of carbonyl (C=O) groups is 1. The fourth-order valence-electron chi connectivity index (χ4n) is 4.00. The monoisotopic (exact) mass is 417 g/mol. The van der Waals surface area contributed by atoms with Crippen LogP contribution in [0.1, 0.15) is 17.3 Å². The number of nitrogens with one attached hydrogen (secondary N) is 1. The molecule has 152 valence electrons. The van der Waals surface area contributed by atoms with E-state index in [9.17, 15) is 4.79 Å². The fourth-order valence-corrected chi connectivity index (χ4v) is 5.22. The van der Waals surface area contributed by atoms with Crippen molar-refractivity contribution in [3.63, 3.8) is 0 Å². The first-order valence-corrected chi connectivity index (χ1v) is 11.1. The van der Waals surface area contributed by atoms with E-state index < -0.39 is 0 Å². The zero-order chi connectivity index (χ0) is 20.5. The van der Waals surface area contributed by atoms with Crippen molar-refractivity contribution in [1.29, 1.82) is 0 Å². The number of ether oxygens (including phenoxy) is 1. The molecule has 1 saturated heterocycles. The first kappa shape index (κ1) is 19.0. The lowest BCUT2D eigenvalue weighted by Crippen LogP contribution is -2.38. The Kier molecular flexibility index (Phi) is 5.11. The Labute approximate surface area is 179 Å². The van der Waals surface area contributed by atoms with E-state index in [-0.39, 0.29) is 5.91 Å². The lowest BCUT2D eigenvalue weighted by atomic mass is 10.1. The molecule has 1 N–H and O–H groups in total. The summed E-state index contributed by atoms with van der Waals surface area (Å²) in [5.74, 6) is 0.651. The number of hydrogen-bond acceptors (Lipinski definition) is 5. The normalized spacial score (nSPS) is 14.4. The van der Waals surface area contributed by atoms with Gasteiger partial charge in [0.15, 0.2) is 0 Å². The van der Waals surface area contributed by atoms with Crippen LogP contribution in [0.5, 0.6) is 0 Å². The number of nitrogens with zero attached hydrogens (tertiary/aromatic N) is 2. The van der Waals surface area contributed by atoms with Gasteiger partial charge in [-0.3, -0.25) is 4.79 Å². The lowest BCUT2D eigenvalue weighted by molar-refractivity contribution is 0.0954. The van der Waals surface area contributed by atoms with Crippen molar-refractivity contribution in [2.45, 2.75) is 6.92 Å². The third kappa shape index (κ3) is 3.32. The van der Waals surface area contributed by atoms with Gasteiger partial charge in [-0.1, -0.05) is 36.4 Å². The maximum Gasteiger partial charge on any atom is 0.255 e. The van der Waals surface area contributed by atoms with Crippen LogP contribution in [0.4, 0.5) is 5.82 Å². The van der Waals surface area contributed by atoms with E-state index >= 15 is 0 Å². The molecule has 6 heteroatoms. The topological polar surface area (TPSA) is 54.5 Å². The average molecular weight is 418 g/mol. The third-order valence-electron chi connectivity index (χ3n) is 5.45. The summed E-state index contributed by atoms with van der Waals surface area (Å²) in [5.41, 5.74) is 2.61. The molecule has 4 aromatic rings. The smallest absolute Gasteiger partial charge is 0.255 e. The van der Waals surface area contributed by atoms with Crippen molar-refractivity contribution < 1.29 is 9.53 Å². The second kappa shape index (κ2) is 8.05. The van der Waals surface area contributed by atoms with Crippen molar-refractivity contribution in [3.05, 3.63) is 60.2 Å². The molecular weight excluding hydrogens is 394 g/mol. The molecule has 1 aliphatic heterocycles. The average Bonchev–Trinajstić information content (AvgIpc) is 3.18. The summed E-state index contributed by atoms with van der Waals surface area (Å²) in [4.78, 5) is 19.8. The van der Waals surface area contributed by atoms with Crippen LogP contribution in [0.25, 0.3) is 31.4 Å². The summed E-state index contributed by atoms with van der Waals surface area (Å²) < 4.78 is 8.00. The second-order valence-corrected chi connectivity index (χ2v) is 8.36. The minimum Gasteiger partial charge on any atom is -0.378 e. The first-order chi connectivity index (χ1) is 14.8. The third-order valence-corrected chi connectivity index (χ3v) is 6.67. The number of amides is 1. The summed E-state index contributed by atoms with van der Waals surface area (Å²) in [6.45, 7) is 5.27. The SMILES string of the molecule is CCNC(=O)c1ccc(-c2cccc3c2sc2ccccc23)nc1N1CCOCC1. The molecule has 1 aliphatic rings. The highest BCUT2D eigenvalue weighted by molar-refractivity contribution is 7.26. The number of benzene rings is 2. The van der Waals surface area contributed by atoms with Crippen molar-refractivity contribution in [2.75, 3.05) is 37.7 Å². The quantitative estimate of drug-likeness (QED) is 0.523. The Balaban J connectivity index is 1.67. The van der Waals surface area contributed by atoms with Crippen molar-refractivity contribution in [3.8, 4) is 11.3 Å². The molecule has 2 aromatic heterocycles. The number of hydrogen-bond donors (Lipinski definition) is 1. The molecule has 1 amide bonds. The number of thiophene rings is 1. The number of anilines is 1. The summed E-state index contributed by atoms with van der Waals surface area (Å²) in [6.07, 6.45) is 0. The highest BCUT2D eigenvalue weighted by atomic mass is 32.1. The molecule has 0 saturated carbocycles. The Morgan fingerprint density at radius 2 is 1.87 bits per heavy atom. The molecule has 30 heavy (non-hydrogen) atoms. The molecule has 0 atom stereocenters. The summed E-state index contributed by atoms with van der Waals surface area (Å²) in [6, 6.07) is 18.7. The van der Waals surface area contributed by atoms with Gasteiger partial charge in [0.1, 0.15) is 5.82 Å². The zero-order valence-electron chi connectivity index (χ0n) is 16.9. The number of morpholine rings is 1. The van der Waals surface area contributed by atoms with Crippen LogP contribution in [-0.4, -0.2) is 43.7 Å². The fraction of sp³-hybridized carbons (Fsp3) is 0.250. The minimum absolute atomic E-state index is 0.0851. The standard InChI is InChI=1S/C24H23N3O2S/c1-2-25-24(28)19-10-11-20(26-23(19)27-12-14-29-15-13-27)18-8-5-7-17-16-6-3-4-9-21(16)30-22(17)18/h3-11H,2,12-15H2,1H3,(H,25,28). The Bertz CT molecular complexity index is 1230. The van der Waals surface area contributed by atoms with Crippen molar-refractivity contribution in [1.82, 2.24) is 10.3 Å². The van der Waals surface area contributed by atoms with E-state index in [1.165, 1.54) is 20.2 Å². The Hall–Kier alpha value is -2.96. The van der Waals surface area contributed by atoms with Gasteiger partial charge in [0, 0.05) is 45.4 Å². The Morgan fingerprint density at radius 3 is 2.70 bits per heavy atom. The molecular formula is C24H23N3O2S. The minimum atomic E-state index is -0.0851. The van der Waals surface area contributed by atoms with Gasteiger partial charge in [0.25, 0.3) is 5.91 Å². The molecule has 0 unspecified atom stereocenters. The zero-order valence-corrected chi connectivity index (χ0v) is 17.7. The van der Waals surface area contributed by atoms with Crippen LogP contribution in [0, 0.1) is 0 Å². The predicted molar refractivity (Wildman–Crippen MR) is 124 cm³/mol. The van der Waals surface area contributed by atoms with Gasteiger partial charge < -0.3 is 15.0 Å². The van der Waals surface area contributed by atoms with E-state index in [0.717, 1.165) is 30.2 Å². The first-order valence-electron chi connectivity index (χ1n) is 10.3. The largest absolute Gasteiger partial charge is 0.378 e. The number of carbonyl (C=O) groups excluding carboxylic acids is 1. The number of fused-ring (bicyclic) bond motifs is 3. The van der Waals surface area contributed by atoms with E-state index in [0.29, 0.717) is 25.3 Å². The van der Waals surface area contributed by atoms with E-state index in [1.54, 1.807) is 11.3 Å². The second-order valence-electron chi connectivity index (χ2n) is 7.31. The van der Waals surface area contributed by atoms with Gasteiger partial charge >= 0.3 is 0 Å². The lowest BCUT2D eigenvalue weighted by Gasteiger charge is -2.29. The van der Waals surface area contributed by atoms with E-state index in [4.69, 9.17) is 9.72 Å². The highest BCUT2D eigenvalue weighted by Crippen LogP contribution is 2.39. The molecule has 5 nitrogen and oxygen atoms in total. The summed E-state index contributed by atoms with van der Waals surface area (Å²) >= 11 is 1.79. The van der Waals surface area contributed by atoms with Crippen LogP contribution in [0.2, 0.25) is 0 Å². The van der Waals surface area contributed by atoms with Crippen LogP contribution in [0.15, 0.2) is 54.6 Å². The molecule has 5 rings (SSSR count). The van der Waals surface area contributed by atoms with Crippen LogP contribution in [0.3, 0.4) is 0 Å². The maximum absolute atomic E-state index is 12.7. The van der Waals surface area contributed by atoms with Crippen LogP contribution in [-0.2, 0) is 4.74 Å². The van der Waals surface area contributed by atoms with Gasteiger partial charge in [0.2, 0.25) is 0 Å². The molecule has 2 aromatic carbocycles. The van der Waals surface area contributed by atoms with Gasteiger partial charge in [-0.2, -0.15) is 0 Å². The van der Waals surface area contributed by atoms with Gasteiger partial charge in [-0.05, 0) is 25.1 Å². The molecule has 0 radical (unpaired) electrons. The van der Waals surface area contributed by atoms with E-state index in [2.05, 4.69) is 52.7 Å². The van der Waals surface area contributed by atoms with Crippen LogP contribution >= 0.6 is 11.3 Å². The molecule has 0 spiro atoms. The van der Waals surface area contributed by atoms with Gasteiger partial charge in [-0.25, -0.2) is 4.98 Å². The molecule has 1 fully saturated rings. The number of rotatable bonds is 4. The van der Waals surface area contributed by atoms with Crippen molar-refractivity contribution in [2.24, 2.45) is 0 Å². The highest BCUT2D eigenvalue weighted by Gasteiger charge is 2.22. The van der Waals surface area contributed by atoms with Crippen LogP contribution < -0.4 is 10.2 Å². The predicted octanol–water partition coefficient (Wildman–Crippen LogP) is 4.70. The summed E-state index contributed by atoms with van der Waals surface area (Å²) in [5, 5.41) is 5.43. The number of pyridine rings is 1. The van der Waals surface area contributed by atoms with Gasteiger partial charge in [-0.15, -0.1) is 11.3 Å². The molecule has 0 bridgehead atoms. The molecule has 0 aliphatic carbocycles. The number of aromatic nitrogens is 1. The molecule has 3 heterocycles. The Morgan fingerprint density at radius 1 is 1.07 bits per heavy atom. The summed E-state index contributed by atoms with van der Waals surface area (Å²) in [7, 11) is 0. The van der Waals surface area contributed by atoms with Gasteiger partial charge in [0.05, 0.1) is 24.5 Å². The maximum atomic E-state index is 12.7.